The van der Waals surface area contributed by atoms with Crippen molar-refractivity contribution in [1.82, 2.24) is 14.8 Å². The van der Waals surface area contributed by atoms with E-state index < -0.39 is 0 Å². The maximum absolute atomic E-state index is 12.0. The van der Waals surface area contributed by atoms with Gasteiger partial charge in [-0.25, -0.2) is 0 Å². The third-order valence-electron chi connectivity index (χ3n) is 3.04. The van der Waals surface area contributed by atoms with Crippen LogP contribution >= 0.6 is 0 Å². The van der Waals surface area contributed by atoms with Crippen molar-refractivity contribution in [2.24, 2.45) is 7.05 Å². The quantitative estimate of drug-likeness (QED) is 0.749. The molecule has 5 nitrogen and oxygen atoms in total. The van der Waals surface area contributed by atoms with E-state index in [4.69, 9.17) is 0 Å². The average molecular weight is 278 g/mol. The average Bonchev–Trinajstić information content (AvgIpc) is 2.91. The lowest BCUT2D eigenvalue weighted by molar-refractivity contribution is -0.111. The largest absolute Gasteiger partial charge is 0.321 e. The molecule has 0 spiro atoms. The SMILES string of the molecule is Cn1cc(C=CC(=O)Nc2cccc3cccnc23)cn1. The summed E-state index contributed by atoms with van der Waals surface area (Å²) in [5.41, 5.74) is 2.36. The van der Waals surface area contributed by atoms with Gasteiger partial charge < -0.3 is 5.32 Å². The zero-order chi connectivity index (χ0) is 14.7. The van der Waals surface area contributed by atoms with Gasteiger partial charge >= 0.3 is 0 Å². The molecule has 5 heteroatoms. The maximum atomic E-state index is 12.0. The van der Waals surface area contributed by atoms with Crippen molar-refractivity contribution in [3.05, 3.63) is 60.6 Å². The van der Waals surface area contributed by atoms with Crippen molar-refractivity contribution in [2.45, 2.75) is 0 Å². The second-order valence-corrected chi connectivity index (χ2v) is 4.65. The fourth-order valence-corrected chi connectivity index (χ4v) is 2.08. The van der Waals surface area contributed by atoms with Crippen LogP contribution in [0.4, 0.5) is 5.69 Å². The highest BCUT2D eigenvalue weighted by molar-refractivity contribution is 6.06. The van der Waals surface area contributed by atoms with E-state index in [1.165, 1.54) is 6.08 Å². The first-order valence-electron chi connectivity index (χ1n) is 6.54. The Morgan fingerprint density at radius 1 is 1.29 bits per heavy atom. The van der Waals surface area contributed by atoms with Crippen molar-refractivity contribution in [2.75, 3.05) is 5.32 Å². The smallest absolute Gasteiger partial charge is 0.248 e. The van der Waals surface area contributed by atoms with E-state index in [0.29, 0.717) is 5.69 Å². The highest BCUT2D eigenvalue weighted by Crippen LogP contribution is 2.20. The number of nitrogens with zero attached hydrogens (tertiary/aromatic N) is 3. The first kappa shape index (κ1) is 13.1. The second-order valence-electron chi connectivity index (χ2n) is 4.65. The fraction of sp³-hybridized carbons (Fsp3) is 0.0625. The van der Waals surface area contributed by atoms with Gasteiger partial charge in [-0.3, -0.25) is 14.5 Å². The molecule has 0 fully saturated rings. The van der Waals surface area contributed by atoms with Gasteiger partial charge in [0.15, 0.2) is 0 Å². The first-order chi connectivity index (χ1) is 10.2. The van der Waals surface area contributed by atoms with Crippen LogP contribution in [0.15, 0.2) is 55.0 Å². The molecule has 0 saturated heterocycles. The first-order valence-corrected chi connectivity index (χ1v) is 6.54. The Balaban J connectivity index is 1.79. The van der Waals surface area contributed by atoms with Crippen LogP contribution in [0, 0.1) is 0 Å². The number of carbonyl (C=O) groups excluding carboxylic acids is 1. The van der Waals surface area contributed by atoms with Gasteiger partial charge in [-0.2, -0.15) is 5.10 Å². The Labute approximate surface area is 121 Å². The number of amides is 1. The Kier molecular flexibility index (Phi) is 3.47. The predicted octanol–water partition coefficient (Wildman–Crippen LogP) is 2.62. The lowest BCUT2D eigenvalue weighted by atomic mass is 10.2. The molecule has 104 valence electrons. The van der Waals surface area contributed by atoms with Crippen molar-refractivity contribution in [3.8, 4) is 0 Å². The number of anilines is 1. The van der Waals surface area contributed by atoms with Gasteiger partial charge in [0.1, 0.15) is 0 Å². The minimum absolute atomic E-state index is 0.197. The van der Waals surface area contributed by atoms with E-state index in [1.807, 2.05) is 43.6 Å². The zero-order valence-electron chi connectivity index (χ0n) is 11.5. The van der Waals surface area contributed by atoms with Crippen LogP contribution in [0.25, 0.3) is 17.0 Å². The van der Waals surface area contributed by atoms with Crippen LogP contribution in [-0.2, 0) is 11.8 Å². The molecule has 1 aromatic carbocycles. The molecular weight excluding hydrogens is 264 g/mol. The normalized spacial score (nSPS) is 11.1. The topological polar surface area (TPSA) is 59.8 Å². The number of pyridine rings is 1. The van der Waals surface area contributed by atoms with Crippen LogP contribution in [0.3, 0.4) is 0 Å². The summed E-state index contributed by atoms with van der Waals surface area (Å²) in [5, 5.41) is 7.88. The van der Waals surface area contributed by atoms with Crippen molar-refractivity contribution < 1.29 is 4.79 Å². The summed E-state index contributed by atoms with van der Waals surface area (Å²) in [4.78, 5) is 16.3. The molecule has 1 amide bonds. The molecule has 3 aromatic rings. The summed E-state index contributed by atoms with van der Waals surface area (Å²) in [6.45, 7) is 0. The molecule has 0 aliphatic rings. The monoisotopic (exact) mass is 278 g/mol. The molecule has 0 unspecified atom stereocenters. The number of hydrogen-bond donors (Lipinski definition) is 1. The van der Waals surface area contributed by atoms with Gasteiger partial charge in [0.2, 0.25) is 5.91 Å². The molecular formula is C16H14N4O. The van der Waals surface area contributed by atoms with E-state index in [2.05, 4.69) is 15.4 Å². The molecule has 0 saturated carbocycles. The van der Waals surface area contributed by atoms with Crippen molar-refractivity contribution >= 4 is 28.6 Å². The van der Waals surface area contributed by atoms with Gasteiger partial charge in [-0.15, -0.1) is 0 Å². The van der Waals surface area contributed by atoms with E-state index in [1.54, 1.807) is 23.2 Å². The number of para-hydroxylation sites is 1. The van der Waals surface area contributed by atoms with Crippen LogP contribution in [0.5, 0.6) is 0 Å². The summed E-state index contributed by atoms with van der Waals surface area (Å²) in [6, 6.07) is 9.53. The number of hydrogen-bond acceptors (Lipinski definition) is 3. The maximum Gasteiger partial charge on any atom is 0.248 e. The summed E-state index contributed by atoms with van der Waals surface area (Å²) >= 11 is 0. The Morgan fingerprint density at radius 2 is 2.14 bits per heavy atom. The zero-order valence-corrected chi connectivity index (χ0v) is 11.5. The highest BCUT2D eigenvalue weighted by Gasteiger charge is 2.04. The van der Waals surface area contributed by atoms with E-state index in [-0.39, 0.29) is 5.91 Å². The molecule has 2 aromatic heterocycles. The minimum Gasteiger partial charge on any atom is -0.321 e. The van der Waals surface area contributed by atoms with E-state index in [0.717, 1.165) is 16.5 Å². The molecule has 3 rings (SSSR count). The molecule has 0 bridgehead atoms. The van der Waals surface area contributed by atoms with Gasteiger partial charge in [0.05, 0.1) is 17.4 Å². The summed E-state index contributed by atoms with van der Waals surface area (Å²) in [6.07, 6.45) is 8.45. The molecule has 0 radical (unpaired) electrons. The Hall–Kier alpha value is -2.95. The third-order valence-corrected chi connectivity index (χ3v) is 3.04. The Bertz CT molecular complexity index is 815. The number of carbonyl (C=O) groups is 1. The third kappa shape index (κ3) is 2.97. The lowest BCUT2D eigenvalue weighted by Gasteiger charge is -2.05. The number of benzene rings is 1. The summed E-state index contributed by atoms with van der Waals surface area (Å²) in [7, 11) is 1.83. The van der Waals surface area contributed by atoms with Gasteiger partial charge in [0.25, 0.3) is 0 Å². The molecule has 0 atom stereocenters. The number of aromatic nitrogens is 3. The summed E-state index contributed by atoms with van der Waals surface area (Å²) < 4.78 is 1.69. The number of aryl methyl sites for hydroxylation is 1. The highest BCUT2D eigenvalue weighted by atomic mass is 16.1. The summed E-state index contributed by atoms with van der Waals surface area (Å²) in [5.74, 6) is -0.197. The van der Waals surface area contributed by atoms with Crippen LogP contribution in [0.1, 0.15) is 5.56 Å². The number of fused-ring (bicyclic) bond motifs is 1. The molecule has 2 heterocycles. The second kappa shape index (κ2) is 5.58. The Morgan fingerprint density at radius 3 is 2.95 bits per heavy atom. The van der Waals surface area contributed by atoms with Gasteiger partial charge in [-0.05, 0) is 18.2 Å². The van der Waals surface area contributed by atoms with Crippen LogP contribution < -0.4 is 5.32 Å². The predicted molar refractivity (Wildman–Crippen MR) is 82.6 cm³/mol. The minimum atomic E-state index is -0.197. The molecule has 21 heavy (non-hydrogen) atoms. The molecule has 1 N–H and O–H groups in total. The number of nitrogens with one attached hydrogen (secondary N) is 1. The van der Waals surface area contributed by atoms with Crippen LogP contribution in [0.2, 0.25) is 0 Å². The van der Waals surface area contributed by atoms with Crippen molar-refractivity contribution in [1.29, 1.82) is 0 Å². The van der Waals surface area contributed by atoms with Gasteiger partial charge in [-0.1, -0.05) is 18.2 Å². The van der Waals surface area contributed by atoms with Crippen LogP contribution in [-0.4, -0.2) is 20.7 Å². The van der Waals surface area contributed by atoms with E-state index in [9.17, 15) is 4.79 Å². The van der Waals surface area contributed by atoms with E-state index >= 15 is 0 Å². The number of rotatable bonds is 3. The molecule has 0 aliphatic heterocycles. The fourth-order valence-electron chi connectivity index (χ4n) is 2.08. The standard InChI is InChI=1S/C16H14N4O/c1-20-11-12(10-18-20)7-8-15(21)19-14-6-2-4-13-5-3-9-17-16(13)14/h2-11H,1H3,(H,19,21). The van der Waals surface area contributed by atoms with Gasteiger partial charge in [0, 0.05) is 36.5 Å². The van der Waals surface area contributed by atoms with Crippen molar-refractivity contribution in [3.63, 3.8) is 0 Å². The molecule has 0 aliphatic carbocycles. The lowest BCUT2D eigenvalue weighted by Crippen LogP contribution is -2.08.